The first-order valence-corrected chi connectivity index (χ1v) is 13.4. The number of carbonyl (C=O) groups is 2. The van der Waals surface area contributed by atoms with E-state index in [0.29, 0.717) is 4.91 Å². The number of hydrogen-bond acceptors (Lipinski definition) is 5. The molecule has 182 valence electrons. The molecule has 7 nitrogen and oxygen atoms in total. The van der Waals surface area contributed by atoms with Gasteiger partial charge < -0.3 is 21.3 Å². The molecule has 2 aromatic rings. The van der Waals surface area contributed by atoms with Gasteiger partial charge in [0.15, 0.2) is 0 Å². The van der Waals surface area contributed by atoms with E-state index in [1.807, 2.05) is 11.0 Å². The van der Waals surface area contributed by atoms with E-state index in [4.69, 9.17) is 0 Å². The number of urea groups is 1. The van der Waals surface area contributed by atoms with Crippen molar-refractivity contribution in [2.75, 3.05) is 24.5 Å². The summed E-state index contributed by atoms with van der Waals surface area (Å²) in [6.07, 6.45) is 3.77. The maximum Gasteiger partial charge on any atom is 0.326 e. The van der Waals surface area contributed by atoms with Gasteiger partial charge in [0.05, 0.1) is 16.3 Å². The first kappa shape index (κ1) is 22.6. The van der Waals surface area contributed by atoms with Crippen LogP contribution in [-0.2, 0) is 11.2 Å². The molecular formula is C27H31N5O2S. The van der Waals surface area contributed by atoms with E-state index in [1.165, 1.54) is 11.1 Å². The summed E-state index contributed by atoms with van der Waals surface area (Å²) in [5, 5.41) is 13.3. The fourth-order valence-electron chi connectivity index (χ4n) is 5.75. The third-order valence-electron chi connectivity index (χ3n) is 7.45. The van der Waals surface area contributed by atoms with Gasteiger partial charge in [0.25, 0.3) is 5.91 Å². The smallest absolute Gasteiger partial charge is 0.326 e. The Kier molecular flexibility index (Phi) is 6.26. The molecule has 4 aliphatic rings. The summed E-state index contributed by atoms with van der Waals surface area (Å²) in [6.45, 7) is 2.63. The number of nitrogens with one attached hydrogen (secondary N) is 4. The van der Waals surface area contributed by atoms with Crippen molar-refractivity contribution < 1.29 is 9.59 Å². The van der Waals surface area contributed by atoms with Crippen LogP contribution in [0.4, 0.5) is 10.5 Å². The van der Waals surface area contributed by atoms with Gasteiger partial charge in [-0.25, -0.2) is 4.79 Å². The van der Waals surface area contributed by atoms with Gasteiger partial charge in [-0.2, -0.15) is 0 Å². The number of rotatable bonds is 5. The number of nitrogens with zero attached hydrogens (tertiary/aromatic N) is 1. The van der Waals surface area contributed by atoms with Crippen molar-refractivity contribution in [3.8, 4) is 0 Å². The van der Waals surface area contributed by atoms with Gasteiger partial charge in [-0.1, -0.05) is 54.2 Å². The molecule has 0 bridgehead atoms. The molecule has 0 aliphatic carbocycles. The van der Waals surface area contributed by atoms with E-state index < -0.39 is 0 Å². The Morgan fingerprint density at radius 1 is 1.03 bits per heavy atom. The molecule has 3 fully saturated rings. The molecule has 0 saturated carbocycles. The lowest BCUT2D eigenvalue weighted by atomic mass is 9.86. The topological polar surface area (TPSA) is 85.5 Å². The minimum Gasteiger partial charge on any atom is -0.348 e. The summed E-state index contributed by atoms with van der Waals surface area (Å²) in [5.41, 5.74) is 4.18. The predicted octanol–water partition coefficient (Wildman–Crippen LogP) is 2.94. The molecule has 6 rings (SSSR count). The number of amides is 3. The Bertz CT molecular complexity index is 1130. The van der Waals surface area contributed by atoms with Crippen LogP contribution in [0.5, 0.6) is 0 Å². The number of anilines is 1. The molecule has 4 N–H and O–H groups in total. The zero-order valence-electron chi connectivity index (χ0n) is 19.6. The zero-order chi connectivity index (χ0) is 23.8. The van der Waals surface area contributed by atoms with Crippen molar-refractivity contribution in [3.05, 3.63) is 76.3 Å². The summed E-state index contributed by atoms with van der Waals surface area (Å²) in [4.78, 5) is 29.1. The Labute approximate surface area is 210 Å². The summed E-state index contributed by atoms with van der Waals surface area (Å²) >= 11 is 1.57. The standard InChI is InChI=1S/C27H31N5O2S/c33-25(30-19-7-4-13-28-16-19)24-23-22-21(12-14-29-26(22)35-24)32(27(34)31-23)20-10-8-18(9-11-20)15-17-5-2-1-3-6-17/h1-3,5-6,8-11,19,21-22,26,28-29H,4,7,12-16H2,(H,30,33)(H,31,34)/t19-,21?,22?,26?/m1/s1. The lowest BCUT2D eigenvalue weighted by Gasteiger charge is -2.45. The van der Waals surface area contributed by atoms with Gasteiger partial charge in [-0.15, -0.1) is 0 Å². The van der Waals surface area contributed by atoms with E-state index >= 15 is 0 Å². The highest BCUT2D eigenvalue weighted by atomic mass is 32.2. The molecule has 3 saturated heterocycles. The van der Waals surface area contributed by atoms with Gasteiger partial charge in [0.2, 0.25) is 0 Å². The van der Waals surface area contributed by atoms with Crippen molar-refractivity contribution in [1.29, 1.82) is 0 Å². The highest BCUT2D eigenvalue weighted by Gasteiger charge is 2.51. The van der Waals surface area contributed by atoms with E-state index in [9.17, 15) is 9.59 Å². The Morgan fingerprint density at radius 2 is 1.83 bits per heavy atom. The van der Waals surface area contributed by atoms with E-state index in [0.717, 1.165) is 56.7 Å². The van der Waals surface area contributed by atoms with Crippen LogP contribution in [0.15, 0.2) is 65.2 Å². The first-order valence-electron chi connectivity index (χ1n) is 12.6. The SMILES string of the molecule is O=C(N[C@@H]1CCCNC1)C1=C2NC(=O)N(c3ccc(Cc4ccccc4)cc3)C3CCNC(S1)C23. The molecule has 4 aliphatic heterocycles. The van der Waals surface area contributed by atoms with E-state index in [-0.39, 0.29) is 35.3 Å². The van der Waals surface area contributed by atoms with Gasteiger partial charge in [0.1, 0.15) is 0 Å². The third kappa shape index (κ3) is 4.46. The molecule has 0 spiro atoms. The fourth-order valence-corrected chi connectivity index (χ4v) is 7.15. The molecule has 35 heavy (non-hydrogen) atoms. The second kappa shape index (κ2) is 9.68. The average Bonchev–Trinajstić information content (AvgIpc) is 3.26. The second-order valence-corrected chi connectivity index (χ2v) is 10.9. The van der Waals surface area contributed by atoms with Gasteiger partial charge in [-0.05, 0) is 62.0 Å². The maximum absolute atomic E-state index is 13.4. The van der Waals surface area contributed by atoms with Crippen molar-refractivity contribution in [2.24, 2.45) is 5.92 Å². The Hall–Kier alpha value is -2.81. The molecule has 4 atom stereocenters. The second-order valence-electron chi connectivity index (χ2n) is 9.76. The monoisotopic (exact) mass is 489 g/mol. The predicted molar refractivity (Wildman–Crippen MR) is 139 cm³/mol. The summed E-state index contributed by atoms with van der Waals surface area (Å²) in [6, 6.07) is 18.7. The molecule has 0 radical (unpaired) electrons. The Morgan fingerprint density at radius 3 is 2.60 bits per heavy atom. The number of hydrogen-bond donors (Lipinski definition) is 4. The molecule has 0 aromatic heterocycles. The Balaban J connectivity index is 1.22. The molecule has 4 heterocycles. The number of carbonyl (C=O) groups excluding carboxylic acids is 2. The van der Waals surface area contributed by atoms with Crippen LogP contribution in [0.2, 0.25) is 0 Å². The number of piperidine rings is 2. The van der Waals surface area contributed by atoms with Crippen molar-refractivity contribution >= 4 is 29.4 Å². The number of benzene rings is 2. The average molecular weight is 490 g/mol. The summed E-state index contributed by atoms with van der Waals surface area (Å²) < 4.78 is 0. The van der Waals surface area contributed by atoms with E-state index in [1.54, 1.807) is 11.8 Å². The molecule has 2 aromatic carbocycles. The first-order chi connectivity index (χ1) is 17.2. The van der Waals surface area contributed by atoms with Crippen LogP contribution in [-0.4, -0.2) is 49.0 Å². The van der Waals surface area contributed by atoms with Crippen LogP contribution < -0.4 is 26.2 Å². The van der Waals surface area contributed by atoms with Crippen LogP contribution in [0.25, 0.3) is 0 Å². The van der Waals surface area contributed by atoms with Crippen molar-refractivity contribution in [1.82, 2.24) is 21.3 Å². The molecular weight excluding hydrogens is 458 g/mol. The molecule has 8 heteroatoms. The van der Waals surface area contributed by atoms with E-state index in [2.05, 4.69) is 69.8 Å². The third-order valence-corrected chi connectivity index (χ3v) is 8.80. The molecule has 3 amide bonds. The fraction of sp³-hybridized carbons (Fsp3) is 0.407. The van der Waals surface area contributed by atoms with Crippen LogP contribution in [0.1, 0.15) is 30.4 Å². The number of thioether (sulfide) groups is 1. The highest BCUT2D eigenvalue weighted by Crippen LogP contribution is 2.47. The van der Waals surface area contributed by atoms with Gasteiger partial charge in [-0.3, -0.25) is 9.69 Å². The van der Waals surface area contributed by atoms with Crippen LogP contribution >= 0.6 is 11.8 Å². The van der Waals surface area contributed by atoms with Crippen molar-refractivity contribution in [3.63, 3.8) is 0 Å². The van der Waals surface area contributed by atoms with Crippen LogP contribution in [0.3, 0.4) is 0 Å². The highest BCUT2D eigenvalue weighted by molar-refractivity contribution is 8.04. The summed E-state index contributed by atoms with van der Waals surface area (Å²) in [5.74, 6) is 0.00772. The quantitative estimate of drug-likeness (QED) is 0.519. The lowest BCUT2D eigenvalue weighted by molar-refractivity contribution is -0.117. The minimum atomic E-state index is -0.148. The van der Waals surface area contributed by atoms with Gasteiger partial charge >= 0.3 is 6.03 Å². The van der Waals surface area contributed by atoms with Crippen molar-refractivity contribution in [2.45, 2.75) is 43.1 Å². The maximum atomic E-state index is 13.4. The summed E-state index contributed by atoms with van der Waals surface area (Å²) in [7, 11) is 0. The van der Waals surface area contributed by atoms with Gasteiger partial charge in [0, 0.05) is 29.9 Å². The zero-order valence-corrected chi connectivity index (χ0v) is 20.4. The largest absolute Gasteiger partial charge is 0.348 e. The lowest BCUT2D eigenvalue weighted by Crippen LogP contribution is -2.62. The normalized spacial score (nSPS) is 27.9. The van der Waals surface area contributed by atoms with Crippen LogP contribution in [0, 0.1) is 5.92 Å². The molecule has 3 unspecified atom stereocenters. The minimum absolute atomic E-state index is 0.0270.